The van der Waals surface area contributed by atoms with E-state index in [9.17, 15) is 14.7 Å². The molecule has 0 aliphatic rings. The molecule has 0 aliphatic heterocycles. The number of hydrogen-bond donors (Lipinski definition) is 3. The van der Waals surface area contributed by atoms with Gasteiger partial charge >= 0.3 is 6.09 Å². The van der Waals surface area contributed by atoms with Gasteiger partial charge in [0.2, 0.25) is 5.91 Å². The molecule has 0 radical (unpaired) electrons. The molecule has 28 heavy (non-hydrogen) atoms. The van der Waals surface area contributed by atoms with Crippen molar-refractivity contribution in [2.75, 3.05) is 24.0 Å². The number of fused-ring (bicyclic) bond motifs is 1. The van der Waals surface area contributed by atoms with Crippen LogP contribution in [0.4, 0.5) is 16.2 Å². The van der Waals surface area contributed by atoms with Gasteiger partial charge in [-0.25, -0.2) is 9.80 Å². The van der Waals surface area contributed by atoms with E-state index in [1.165, 1.54) is 6.20 Å². The summed E-state index contributed by atoms with van der Waals surface area (Å²) >= 11 is 3.34. The van der Waals surface area contributed by atoms with Gasteiger partial charge in [-0.2, -0.15) is 0 Å². The maximum atomic E-state index is 12.1. The third kappa shape index (κ3) is 5.91. The van der Waals surface area contributed by atoms with E-state index in [2.05, 4.69) is 36.6 Å². The van der Waals surface area contributed by atoms with Crippen LogP contribution >= 0.6 is 28.3 Å². The molecule has 0 saturated carbocycles. The number of amides is 2. The normalized spacial score (nSPS) is 10.9. The van der Waals surface area contributed by atoms with Crippen LogP contribution in [-0.2, 0) is 9.53 Å². The third-order valence-electron chi connectivity index (χ3n) is 3.47. The number of aromatic nitrogens is 2. The van der Waals surface area contributed by atoms with Gasteiger partial charge in [-0.3, -0.25) is 20.2 Å². The Labute approximate surface area is 177 Å². The molecule has 0 saturated heterocycles. The molecule has 0 aliphatic carbocycles. The second kappa shape index (κ2) is 9.85. The van der Waals surface area contributed by atoms with E-state index in [4.69, 9.17) is 4.74 Å². The molecule has 2 aromatic rings. The summed E-state index contributed by atoms with van der Waals surface area (Å²) in [6.45, 7) is 7.30. The lowest BCUT2D eigenvalue weighted by Gasteiger charge is -2.34. The molecule has 2 rings (SSSR count). The van der Waals surface area contributed by atoms with Crippen LogP contribution in [0.2, 0.25) is 0 Å². The van der Waals surface area contributed by atoms with Gasteiger partial charge in [0.25, 0.3) is 0 Å². The van der Waals surface area contributed by atoms with E-state index in [1.807, 2.05) is 0 Å². The zero-order valence-corrected chi connectivity index (χ0v) is 18.3. The number of hydrazine groups is 1. The highest BCUT2D eigenvalue weighted by Gasteiger charge is 2.28. The van der Waals surface area contributed by atoms with Gasteiger partial charge in [0.05, 0.1) is 22.9 Å². The number of halogens is 2. The van der Waals surface area contributed by atoms with E-state index in [0.717, 1.165) is 9.48 Å². The third-order valence-corrected chi connectivity index (χ3v) is 3.90. The van der Waals surface area contributed by atoms with Crippen LogP contribution in [0.15, 0.2) is 22.9 Å². The number of nitrogens with zero attached hydrogens (tertiary/aromatic N) is 3. The van der Waals surface area contributed by atoms with Crippen LogP contribution in [0.1, 0.15) is 27.7 Å². The Morgan fingerprint density at radius 1 is 1.29 bits per heavy atom. The summed E-state index contributed by atoms with van der Waals surface area (Å²) in [5.41, 5.74) is 3.71. The summed E-state index contributed by atoms with van der Waals surface area (Å²) in [4.78, 5) is 32.4. The highest BCUT2D eigenvalue weighted by atomic mass is 79.9. The zero-order valence-electron chi connectivity index (χ0n) is 15.9. The number of carbonyl (C=O) groups is 2. The SMILES string of the molecule is CCOCC(=O)Nc1cnc2cc(Br)cnc2c1NN(C(=O)O)C(C)(C)C.Cl. The van der Waals surface area contributed by atoms with E-state index in [1.54, 1.807) is 40.0 Å². The van der Waals surface area contributed by atoms with Crippen molar-refractivity contribution in [1.29, 1.82) is 0 Å². The van der Waals surface area contributed by atoms with Crippen LogP contribution in [0.25, 0.3) is 11.0 Å². The first-order valence-corrected chi connectivity index (χ1v) is 9.04. The monoisotopic (exact) mass is 475 g/mol. The minimum Gasteiger partial charge on any atom is -0.464 e. The molecular weight excluding hydrogens is 454 g/mol. The van der Waals surface area contributed by atoms with Crippen LogP contribution in [0, 0.1) is 0 Å². The van der Waals surface area contributed by atoms with Crippen molar-refractivity contribution < 1.29 is 19.4 Å². The maximum absolute atomic E-state index is 12.1. The second-order valence-corrected chi connectivity index (χ2v) is 7.57. The van der Waals surface area contributed by atoms with Crippen molar-refractivity contribution in [3.8, 4) is 0 Å². The summed E-state index contributed by atoms with van der Waals surface area (Å²) in [7, 11) is 0. The average molecular weight is 477 g/mol. The average Bonchev–Trinajstić information content (AvgIpc) is 2.57. The molecule has 0 spiro atoms. The number of nitrogens with one attached hydrogen (secondary N) is 2. The first kappa shape index (κ1) is 23.9. The van der Waals surface area contributed by atoms with E-state index < -0.39 is 11.6 Å². The lowest BCUT2D eigenvalue weighted by atomic mass is 10.1. The van der Waals surface area contributed by atoms with Crippen molar-refractivity contribution in [1.82, 2.24) is 15.0 Å². The zero-order chi connectivity index (χ0) is 20.2. The van der Waals surface area contributed by atoms with Crippen molar-refractivity contribution in [3.05, 3.63) is 22.9 Å². The predicted octanol–water partition coefficient (Wildman–Crippen LogP) is 3.89. The minimum atomic E-state index is -1.17. The van der Waals surface area contributed by atoms with Gasteiger partial charge in [-0.1, -0.05) is 0 Å². The molecule has 0 atom stereocenters. The molecule has 3 N–H and O–H groups in total. The fourth-order valence-electron chi connectivity index (χ4n) is 2.25. The molecule has 0 fully saturated rings. The topological polar surface area (TPSA) is 117 Å². The van der Waals surface area contributed by atoms with Crippen LogP contribution < -0.4 is 10.7 Å². The van der Waals surface area contributed by atoms with E-state index >= 15 is 0 Å². The molecule has 0 aromatic carbocycles. The lowest BCUT2D eigenvalue weighted by molar-refractivity contribution is -0.120. The highest BCUT2D eigenvalue weighted by molar-refractivity contribution is 9.10. The number of pyridine rings is 2. The van der Waals surface area contributed by atoms with Crippen molar-refractivity contribution in [3.63, 3.8) is 0 Å². The fourth-order valence-corrected chi connectivity index (χ4v) is 2.57. The second-order valence-electron chi connectivity index (χ2n) is 6.65. The van der Waals surface area contributed by atoms with Crippen molar-refractivity contribution in [2.24, 2.45) is 0 Å². The number of carboxylic acid groups (broad SMARTS) is 1. The Bertz CT molecular complexity index is 859. The first-order chi connectivity index (χ1) is 12.6. The highest BCUT2D eigenvalue weighted by Crippen LogP contribution is 2.31. The first-order valence-electron chi connectivity index (χ1n) is 8.25. The standard InChI is InChI=1S/C17H22BrN5O4.ClH/c1-5-27-9-13(24)21-12-8-19-11-6-10(18)7-20-14(11)15(12)22-23(16(25)26)17(2,3)4;/h6-8H,5,9H2,1-4H3,(H,19,22)(H,21,24)(H,25,26);1H. The number of ether oxygens (including phenoxy) is 1. The van der Waals surface area contributed by atoms with Gasteiger partial charge in [-0.05, 0) is 49.7 Å². The molecule has 11 heteroatoms. The molecule has 2 amide bonds. The summed E-state index contributed by atoms with van der Waals surface area (Å²) in [5, 5.41) is 13.3. The number of hydrogen-bond acceptors (Lipinski definition) is 6. The molecule has 0 unspecified atom stereocenters. The van der Waals surface area contributed by atoms with Gasteiger partial charge in [-0.15, -0.1) is 12.4 Å². The Morgan fingerprint density at radius 3 is 2.54 bits per heavy atom. The Kier molecular flexibility index (Phi) is 8.40. The Balaban J connectivity index is 0.00000392. The summed E-state index contributed by atoms with van der Waals surface area (Å²) < 4.78 is 5.83. The van der Waals surface area contributed by atoms with E-state index in [-0.39, 0.29) is 24.9 Å². The number of carbonyl (C=O) groups excluding carboxylic acids is 1. The smallest absolute Gasteiger partial charge is 0.426 e. The van der Waals surface area contributed by atoms with Gasteiger partial charge in [0.15, 0.2) is 0 Å². The molecule has 0 bridgehead atoms. The van der Waals surface area contributed by atoms with Crippen molar-refractivity contribution in [2.45, 2.75) is 33.2 Å². The number of anilines is 2. The largest absolute Gasteiger partial charge is 0.464 e. The van der Waals surface area contributed by atoms with Crippen LogP contribution in [0.5, 0.6) is 0 Å². The molecular formula is C17H23BrClN5O4. The summed E-state index contributed by atoms with van der Waals surface area (Å²) in [5.74, 6) is -0.379. The number of rotatable bonds is 6. The van der Waals surface area contributed by atoms with E-state index in [0.29, 0.717) is 29.0 Å². The molecule has 9 nitrogen and oxygen atoms in total. The quantitative estimate of drug-likeness (QED) is 0.541. The van der Waals surface area contributed by atoms with Gasteiger partial charge in [0.1, 0.15) is 17.8 Å². The van der Waals surface area contributed by atoms with Crippen LogP contribution in [-0.4, -0.2) is 50.8 Å². The maximum Gasteiger partial charge on any atom is 0.426 e. The van der Waals surface area contributed by atoms with Crippen molar-refractivity contribution >= 4 is 62.7 Å². The van der Waals surface area contributed by atoms with Gasteiger partial charge in [0, 0.05) is 17.3 Å². The van der Waals surface area contributed by atoms with Crippen LogP contribution in [0.3, 0.4) is 0 Å². The lowest BCUT2D eigenvalue weighted by Crippen LogP contribution is -2.48. The fraction of sp³-hybridized carbons (Fsp3) is 0.412. The molecule has 154 valence electrons. The summed E-state index contributed by atoms with van der Waals surface area (Å²) in [6.07, 6.45) is 1.85. The predicted molar refractivity (Wildman–Crippen MR) is 113 cm³/mol. The molecule has 2 heterocycles. The molecule has 2 aromatic heterocycles. The Morgan fingerprint density at radius 2 is 1.96 bits per heavy atom. The Hall–Kier alpha value is -2.17. The van der Waals surface area contributed by atoms with Gasteiger partial charge < -0.3 is 15.2 Å². The minimum absolute atomic E-state index is 0. The summed E-state index contributed by atoms with van der Waals surface area (Å²) in [6, 6.07) is 1.75.